The van der Waals surface area contributed by atoms with Crippen LogP contribution >= 0.6 is 0 Å². The molecule has 0 aliphatic carbocycles. The van der Waals surface area contributed by atoms with Gasteiger partial charge in [0, 0.05) is 88.8 Å². The predicted molar refractivity (Wildman–Crippen MR) is 183 cm³/mol. The molecule has 3 aliphatic heterocycles. The maximum Gasteiger partial charge on any atom is 0.419 e. The van der Waals surface area contributed by atoms with Gasteiger partial charge in [0.2, 0.25) is 0 Å². The van der Waals surface area contributed by atoms with Crippen LogP contribution in [0.5, 0.6) is 0 Å². The van der Waals surface area contributed by atoms with Crippen LogP contribution in [-0.2, 0) is 22.2 Å². The number of sulfone groups is 1. The summed E-state index contributed by atoms with van der Waals surface area (Å²) in [5, 5.41) is 13.2. The Morgan fingerprint density at radius 1 is 0.736 bits per heavy atom. The number of alkyl halides is 6. The van der Waals surface area contributed by atoms with Gasteiger partial charge in [-0.3, -0.25) is 4.79 Å². The van der Waals surface area contributed by atoms with Gasteiger partial charge in [0.1, 0.15) is 11.6 Å². The standard InChI is InChI=1S/C24H27F4N3O4S.C11H12F4N2/c1-36(34,35)18-5-7-22(31-8-2-3-17(32)15-31)19(14-18)23(33)30-11-9-29(10-12-30)16-4-6-20(21(25)13-16)24(26,27)28;12-10-7-8(17-5-3-16-4-6-17)1-2-9(10)11(13,14)15/h4-7,13-14,17,32H,2-3,8-12,15H2,1H3;1-2,7,16H,3-6H2. The number of aliphatic hydroxyl groups is 1. The normalized spacial score (nSPS) is 18.8. The number of amides is 1. The van der Waals surface area contributed by atoms with Gasteiger partial charge in [0.15, 0.2) is 9.84 Å². The highest BCUT2D eigenvalue weighted by molar-refractivity contribution is 7.90. The first-order chi connectivity index (χ1) is 24.8. The molecule has 1 amide bonds. The van der Waals surface area contributed by atoms with Crippen LogP contribution in [-0.4, -0.2) is 102 Å². The first kappa shape index (κ1) is 40.0. The van der Waals surface area contributed by atoms with E-state index in [9.17, 15) is 53.4 Å². The number of benzene rings is 3. The second kappa shape index (κ2) is 16.1. The molecule has 2 N–H and O–H groups in total. The smallest absolute Gasteiger partial charge is 0.391 e. The molecule has 3 aliphatic rings. The van der Waals surface area contributed by atoms with Gasteiger partial charge < -0.3 is 30.0 Å². The summed E-state index contributed by atoms with van der Waals surface area (Å²) in [6.45, 7) is 4.74. The minimum absolute atomic E-state index is 0.00558. The van der Waals surface area contributed by atoms with Crippen molar-refractivity contribution in [2.45, 2.75) is 36.2 Å². The van der Waals surface area contributed by atoms with Crippen LogP contribution in [0.2, 0.25) is 0 Å². The number of carbonyl (C=O) groups is 1. The lowest BCUT2D eigenvalue weighted by Crippen LogP contribution is -2.49. The highest BCUT2D eigenvalue weighted by Gasteiger charge is 2.36. The van der Waals surface area contributed by atoms with Gasteiger partial charge in [-0.25, -0.2) is 17.2 Å². The lowest BCUT2D eigenvalue weighted by Gasteiger charge is -2.38. The second-order valence-corrected chi connectivity index (χ2v) is 15.0. The van der Waals surface area contributed by atoms with E-state index in [1.165, 1.54) is 24.3 Å². The van der Waals surface area contributed by atoms with Crippen LogP contribution in [0, 0.1) is 11.6 Å². The van der Waals surface area contributed by atoms with Crippen molar-refractivity contribution >= 4 is 32.8 Å². The van der Waals surface area contributed by atoms with E-state index in [0.29, 0.717) is 50.0 Å². The van der Waals surface area contributed by atoms with E-state index in [2.05, 4.69) is 5.32 Å². The Bertz CT molecular complexity index is 1880. The fourth-order valence-corrected chi connectivity index (χ4v) is 7.14. The van der Waals surface area contributed by atoms with Crippen LogP contribution in [0.3, 0.4) is 0 Å². The van der Waals surface area contributed by atoms with Crippen LogP contribution in [0.1, 0.15) is 34.3 Å². The highest BCUT2D eigenvalue weighted by atomic mass is 32.2. The van der Waals surface area contributed by atoms with Crippen LogP contribution in [0.4, 0.5) is 52.2 Å². The number of hydrogen-bond acceptors (Lipinski definition) is 8. The molecule has 3 saturated heterocycles. The van der Waals surface area contributed by atoms with Gasteiger partial charge in [-0.15, -0.1) is 0 Å². The van der Waals surface area contributed by atoms with Crippen LogP contribution < -0.4 is 20.0 Å². The molecule has 3 fully saturated rings. The molecule has 290 valence electrons. The molecule has 53 heavy (non-hydrogen) atoms. The zero-order chi connectivity index (χ0) is 38.7. The van der Waals surface area contributed by atoms with E-state index in [-0.39, 0.29) is 48.2 Å². The summed E-state index contributed by atoms with van der Waals surface area (Å²) < 4.78 is 127. The molecule has 0 bridgehead atoms. The summed E-state index contributed by atoms with van der Waals surface area (Å²) in [4.78, 5) is 20.5. The topological polar surface area (TPSA) is 96.4 Å². The summed E-state index contributed by atoms with van der Waals surface area (Å²) in [6, 6.07) is 10.2. The van der Waals surface area contributed by atoms with Crippen molar-refractivity contribution < 1.29 is 53.4 Å². The molecule has 1 unspecified atom stereocenters. The quantitative estimate of drug-likeness (QED) is 0.332. The number of nitrogens with zero attached hydrogens (tertiary/aromatic N) is 4. The molecule has 3 aromatic carbocycles. The minimum Gasteiger partial charge on any atom is -0.391 e. The van der Waals surface area contributed by atoms with Crippen molar-refractivity contribution in [2.24, 2.45) is 0 Å². The Labute approximate surface area is 301 Å². The fraction of sp³-hybridized carbons (Fsp3) is 0.457. The fourth-order valence-electron chi connectivity index (χ4n) is 6.49. The first-order valence-electron chi connectivity index (χ1n) is 16.8. The van der Waals surface area contributed by atoms with E-state index in [0.717, 1.165) is 44.0 Å². The molecule has 0 saturated carbocycles. The van der Waals surface area contributed by atoms with Crippen molar-refractivity contribution in [3.8, 4) is 0 Å². The van der Waals surface area contributed by atoms with Gasteiger partial charge in [0.25, 0.3) is 5.91 Å². The molecule has 3 aromatic rings. The van der Waals surface area contributed by atoms with E-state index in [4.69, 9.17) is 0 Å². The largest absolute Gasteiger partial charge is 0.419 e. The Balaban J connectivity index is 0.000000265. The monoisotopic (exact) mass is 777 g/mol. The lowest BCUT2D eigenvalue weighted by molar-refractivity contribution is -0.140. The molecule has 6 rings (SSSR count). The van der Waals surface area contributed by atoms with Crippen molar-refractivity contribution in [1.82, 2.24) is 10.2 Å². The average molecular weight is 778 g/mol. The molecule has 0 radical (unpaired) electrons. The van der Waals surface area contributed by atoms with Gasteiger partial charge >= 0.3 is 12.4 Å². The molecule has 0 spiro atoms. The summed E-state index contributed by atoms with van der Waals surface area (Å²) in [5.41, 5.74) is -1.01. The third kappa shape index (κ3) is 9.89. The molecule has 3 heterocycles. The van der Waals surface area contributed by atoms with Crippen molar-refractivity contribution in [1.29, 1.82) is 0 Å². The number of nitrogens with one attached hydrogen (secondary N) is 1. The van der Waals surface area contributed by atoms with Crippen LogP contribution in [0.15, 0.2) is 59.5 Å². The van der Waals surface area contributed by atoms with E-state index < -0.39 is 51.1 Å². The molecular weight excluding hydrogens is 738 g/mol. The third-order valence-corrected chi connectivity index (χ3v) is 10.4. The maximum absolute atomic E-state index is 14.0. The average Bonchev–Trinajstić information content (AvgIpc) is 3.10. The lowest BCUT2D eigenvalue weighted by atomic mass is 10.0. The molecule has 0 aromatic heterocycles. The number of β-amino-alcohol motifs (C(OH)–C–C–N with tert-alkyl or cyclic N) is 1. The number of piperidine rings is 1. The first-order valence-corrected chi connectivity index (χ1v) is 18.7. The predicted octanol–water partition coefficient (Wildman–Crippen LogP) is 5.43. The Morgan fingerprint density at radius 3 is 1.74 bits per heavy atom. The van der Waals surface area contributed by atoms with Gasteiger partial charge in [-0.05, 0) is 67.4 Å². The van der Waals surface area contributed by atoms with Gasteiger partial charge in [0.05, 0.1) is 27.7 Å². The number of halogens is 8. The minimum atomic E-state index is -4.78. The van der Waals surface area contributed by atoms with E-state index in [1.54, 1.807) is 15.9 Å². The van der Waals surface area contributed by atoms with E-state index >= 15 is 0 Å². The second-order valence-electron chi connectivity index (χ2n) is 13.0. The number of hydrogen-bond donors (Lipinski definition) is 2. The molecule has 18 heteroatoms. The maximum atomic E-state index is 14.0. The third-order valence-electron chi connectivity index (χ3n) is 9.29. The Morgan fingerprint density at radius 2 is 1.26 bits per heavy atom. The summed E-state index contributed by atoms with van der Waals surface area (Å²) >= 11 is 0. The molecule has 1 atom stereocenters. The number of piperazine rings is 2. The van der Waals surface area contributed by atoms with Crippen molar-refractivity contribution in [3.05, 3.63) is 82.9 Å². The van der Waals surface area contributed by atoms with Crippen molar-refractivity contribution in [3.63, 3.8) is 0 Å². The number of anilines is 3. The summed E-state index contributed by atoms with van der Waals surface area (Å²) in [7, 11) is -3.57. The van der Waals surface area contributed by atoms with Crippen LogP contribution in [0.25, 0.3) is 0 Å². The Kier molecular flexibility index (Phi) is 12.1. The van der Waals surface area contributed by atoms with Gasteiger partial charge in [-0.2, -0.15) is 26.3 Å². The number of aliphatic hydroxyl groups excluding tert-OH is 1. The van der Waals surface area contributed by atoms with E-state index in [1.807, 2.05) is 9.80 Å². The zero-order valence-corrected chi connectivity index (χ0v) is 29.5. The zero-order valence-electron chi connectivity index (χ0n) is 28.7. The summed E-state index contributed by atoms with van der Waals surface area (Å²) in [5.74, 6) is -2.95. The van der Waals surface area contributed by atoms with Gasteiger partial charge in [-0.1, -0.05) is 0 Å². The highest BCUT2D eigenvalue weighted by Crippen LogP contribution is 2.35. The number of carbonyl (C=O) groups excluding carboxylic acids is 1. The SMILES string of the molecule is CS(=O)(=O)c1ccc(N2CCCC(O)C2)c(C(=O)N2CCN(c3ccc(C(F)(F)F)c(F)c3)CC2)c1.Fc1cc(N2CCNCC2)ccc1C(F)(F)F. The number of rotatable bonds is 5. The molecular formula is C35H39F8N5O4S. The summed E-state index contributed by atoms with van der Waals surface area (Å²) in [6.07, 6.45) is -7.53. The molecule has 9 nitrogen and oxygen atoms in total. The Hall–Kier alpha value is -4.16. The van der Waals surface area contributed by atoms with Crippen molar-refractivity contribution in [2.75, 3.05) is 86.4 Å².